The van der Waals surface area contributed by atoms with Gasteiger partial charge in [-0.15, -0.1) is 23.5 Å². The monoisotopic (exact) mass is 274 g/mol. The topological polar surface area (TPSA) is 38.9 Å². The lowest BCUT2D eigenvalue weighted by atomic mass is 10.0. The highest BCUT2D eigenvalue weighted by molar-refractivity contribution is 8.00. The maximum atomic E-state index is 5.91. The number of hydrogen-bond acceptors (Lipinski definition) is 4. The fourth-order valence-corrected chi connectivity index (χ4v) is 4.50. The molecule has 2 N–H and O–H groups in total. The van der Waals surface area contributed by atoms with Gasteiger partial charge in [0.1, 0.15) is 5.03 Å². The number of thioether (sulfide) groups is 2. The Bertz CT molecular complexity index is 557. The van der Waals surface area contributed by atoms with E-state index in [0.29, 0.717) is 5.92 Å². The van der Waals surface area contributed by atoms with E-state index >= 15 is 0 Å². The number of nitrogens with two attached hydrogens (primary N) is 1. The smallest absolute Gasteiger partial charge is 0.119 e. The molecule has 2 nitrogen and oxygen atoms in total. The number of rotatable bonds is 3. The quantitative estimate of drug-likeness (QED) is 0.867. The molecule has 2 heterocycles. The third-order valence-corrected chi connectivity index (χ3v) is 5.46. The molecular weight excluding hydrogens is 260 g/mol. The largest absolute Gasteiger partial charge is 0.397 e. The van der Waals surface area contributed by atoms with Crippen LogP contribution in [-0.4, -0.2) is 16.5 Å². The van der Waals surface area contributed by atoms with Crippen molar-refractivity contribution in [1.82, 2.24) is 4.98 Å². The second-order valence-electron chi connectivity index (χ2n) is 4.25. The molecule has 4 heteroatoms. The van der Waals surface area contributed by atoms with Gasteiger partial charge in [-0.3, -0.25) is 0 Å². The number of nitrogen functional groups attached to an aromatic ring is 1. The minimum atomic E-state index is 0.609. The van der Waals surface area contributed by atoms with Gasteiger partial charge in [-0.05, 0) is 23.8 Å². The molecule has 0 bridgehead atoms. The molecule has 1 aromatic carbocycles. The van der Waals surface area contributed by atoms with Crippen LogP contribution in [0.15, 0.2) is 52.5 Å². The van der Waals surface area contributed by atoms with Crippen molar-refractivity contribution in [2.24, 2.45) is 0 Å². The highest BCUT2D eigenvalue weighted by atomic mass is 32.2. The maximum absolute atomic E-state index is 5.91. The molecule has 1 aromatic heterocycles. The normalized spacial score (nSPS) is 17.7. The second kappa shape index (κ2) is 5.24. The van der Waals surface area contributed by atoms with Crippen molar-refractivity contribution in [3.63, 3.8) is 0 Å². The third-order valence-electron chi connectivity index (χ3n) is 3.02. The van der Waals surface area contributed by atoms with E-state index in [0.717, 1.165) is 16.5 Å². The van der Waals surface area contributed by atoms with Gasteiger partial charge in [-0.1, -0.05) is 18.2 Å². The van der Waals surface area contributed by atoms with Gasteiger partial charge in [0.05, 0.1) is 5.69 Å². The van der Waals surface area contributed by atoms with E-state index in [9.17, 15) is 0 Å². The zero-order chi connectivity index (χ0) is 12.4. The Morgan fingerprint density at radius 3 is 3.06 bits per heavy atom. The summed E-state index contributed by atoms with van der Waals surface area (Å²) in [5, 5.41) is 0.951. The molecule has 0 amide bonds. The fourth-order valence-electron chi connectivity index (χ4n) is 2.07. The molecular formula is C14H14N2S2. The van der Waals surface area contributed by atoms with Crippen LogP contribution < -0.4 is 5.73 Å². The molecule has 92 valence electrons. The van der Waals surface area contributed by atoms with Gasteiger partial charge in [0, 0.05) is 28.5 Å². The van der Waals surface area contributed by atoms with Crippen molar-refractivity contribution in [2.75, 3.05) is 17.2 Å². The van der Waals surface area contributed by atoms with E-state index in [2.05, 4.69) is 29.2 Å². The standard InChI is InChI=1S/C14H14N2S2/c15-12-5-3-7-16-14(12)18-9-10-8-17-13-6-2-1-4-11(10)13/h1-7,10H,8-9,15H2. The molecule has 0 radical (unpaired) electrons. The lowest BCUT2D eigenvalue weighted by Gasteiger charge is -2.10. The maximum Gasteiger partial charge on any atom is 0.119 e. The summed E-state index contributed by atoms with van der Waals surface area (Å²) in [5.41, 5.74) is 8.17. The summed E-state index contributed by atoms with van der Waals surface area (Å²) in [6.07, 6.45) is 1.80. The molecule has 0 saturated carbocycles. The van der Waals surface area contributed by atoms with Crippen LogP contribution >= 0.6 is 23.5 Å². The summed E-state index contributed by atoms with van der Waals surface area (Å²) >= 11 is 3.71. The van der Waals surface area contributed by atoms with Crippen LogP contribution in [-0.2, 0) is 0 Å². The SMILES string of the molecule is Nc1cccnc1SCC1CSc2ccccc21. The molecule has 0 spiro atoms. The Hall–Kier alpha value is -1.13. The van der Waals surface area contributed by atoms with Gasteiger partial charge < -0.3 is 5.73 Å². The Morgan fingerprint density at radius 1 is 1.28 bits per heavy atom. The van der Waals surface area contributed by atoms with Crippen LogP contribution in [0.1, 0.15) is 11.5 Å². The Morgan fingerprint density at radius 2 is 2.17 bits per heavy atom. The minimum Gasteiger partial charge on any atom is -0.397 e. The average Bonchev–Trinajstić information content (AvgIpc) is 2.81. The summed E-state index contributed by atoms with van der Waals surface area (Å²) in [5.74, 6) is 2.82. The Kier molecular flexibility index (Phi) is 3.48. The molecule has 2 aromatic rings. The number of anilines is 1. The van der Waals surface area contributed by atoms with Crippen molar-refractivity contribution in [2.45, 2.75) is 15.8 Å². The molecule has 0 saturated heterocycles. The van der Waals surface area contributed by atoms with Gasteiger partial charge in [0.25, 0.3) is 0 Å². The lowest BCUT2D eigenvalue weighted by molar-refractivity contribution is 0.894. The molecule has 1 aliphatic rings. The van der Waals surface area contributed by atoms with E-state index in [4.69, 9.17) is 5.73 Å². The second-order valence-corrected chi connectivity index (χ2v) is 6.33. The van der Waals surface area contributed by atoms with Crippen molar-refractivity contribution < 1.29 is 0 Å². The Labute approximate surface area is 115 Å². The predicted molar refractivity (Wildman–Crippen MR) is 79.3 cm³/mol. The van der Waals surface area contributed by atoms with Crippen LogP contribution in [0.2, 0.25) is 0 Å². The molecule has 3 rings (SSSR count). The van der Waals surface area contributed by atoms with E-state index in [1.807, 2.05) is 23.9 Å². The Balaban J connectivity index is 1.71. The molecule has 18 heavy (non-hydrogen) atoms. The number of fused-ring (bicyclic) bond motifs is 1. The zero-order valence-electron chi connectivity index (χ0n) is 9.87. The van der Waals surface area contributed by atoms with Crippen molar-refractivity contribution in [3.8, 4) is 0 Å². The molecule has 0 aliphatic carbocycles. The van der Waals surface area contributed by atoms with Crippen LogP contribution in [0, 0.1) is 0 Å². The number of pyridine rings is 1. The van der Waals surface area contributed by atoms with E-state index in [1.54, 1.807) is 18.0 Å². The number of benzene rings is 1. The first kappa shape index (κ1) is 11.9. The van der Waals surface area contributed by atoms with E-state index in [-0.39, 0.29) is 0 Å². The first-order valence-electron chi connectivity index (χ1n) is 5.89. The summed E-state index contributed by atoms with van der Waals surface area (Å²) in [7, 11) is 0. The highest BCUT2D eigenvalue weighted by Gasteiger charge is 2.22. The molecule has 1 aliphatic heterocycles. The number of aromatic nitrogens is 1. The summed E-state index contributed by atoms with van der Waals surface area (Å²) in [6, 6.07) is 12.5. The zero-order valence-corrected chi connectivity index (χ0v) is 11.5. The van der Waals surface area contributed by atoms with Crippen molar-refractivity contribution >= 4 is 29.2 Å². The summed E-state index contributed by atoms with van der Waals surface area (Å²) in [4.78, 5) is 5.75. The van der Waals surface area contributed by atoms with Gasteiger partial charge in [0.15, 0.2) is 0 Å². The number of hydrogen-bond donors (Lipinski definition) is 1. The van der Waals surface area contributed by atoms with Crippen molar-refractivity contribution in [3.05, 3.63) is 48.2 Å². The number of nitrogens with zero attached hydrogens (tertiary/aromatic N) is 1. The van der Waals surface area contributed by atoms with Crippen molar-refractivity contribution in [1.29, 1.82) is 0 Å². The summed E-state index contributed by atoms with van der Waals surface area (Å²) in [6.45, 7) is 0. The molecule has 1 unspecified atom stereocenters. The summed E-state index contributed by atoms with van der Waals surface area (Å²) < 4.78 is 0. The van der Waals surface area contributed by atoms with E-state index < -0.39 is 0 Å². The van der Waals surface area contributed by atoms with Gasteiger partial charge in [-0.25, -0.2) is 4.98 Å². The molecule has 1 atom stereocenters. The van der Waals surface area contributed by atoms with Crippen LogP contribution in [0.3, 0.4) is 0 Å². The minimum absolute atomic E-state index is 0.609. The van der Waals surface area contributed by atoms with Crippen LogP contribution in [0.5, 0.6) is 0 Å². The molecule has 0 fully saturated rings. The fraction of sp³-hybridized carbons (Fsp3) is 0.214. The van der Waals surface area contributed by atoms with Crippen LogP contribution in [0.4, 0.5) is 5.69 Å². The predicted octanol–water partition coefficient (Wildman–Crippen LogP) is 3.65. The highest BCUT2D eigenvalue weighted by Crippen LogP contribution is 2.41. The van der Waals surface area contributed by atoms with Gasteiger partial charge in [-0.2, -0.15) is 0 Å². The van der Waals surface area contributed by atoms with Gasteiger partial charge >= 0.3 is 0 Å². The first-order valence-corrected chi connectivity index (χ1v) is 7.87. The van der Waals surface area contributed by atoms with Crippen LogP contribution in [0.25, 0.3) is 0 Å². The van der Waals surface area contributed by atoms with Gasteiger partial charge in [0.2, 0.25) is 0 Å². The average molecular weight is 274 g/mol. The first-order chi connectivity index (χ1) is 8.84. The lowest BCUT2D eigenvalue weighted by Crippen LogP contribution is -2.01. The third kappa shape index (κ3) is 2.35. The van der Waals surface area contributed by atoms with E-state index in [1.165, 1.54) is 16.2 Å².